The van der Waals surface area contributed by atoms with Crippen molar-refractivity contribution < 1.29 is 78.5 Å². The molecule has 0 aliphatic heterocycles. The van der Waals surface area contributed by atoms with Crippen LogP contribution in [-0.2, 0) is 0 Å². The largest absolute Gasteiger partial charge is 0.673 e. The van der Waals surface area contributed by atoms with Crippen LogP contribution in [0.25, 0.3) is 5.69 Å². The van der Waals surface area contributed by atoms with Crippen LogP contribution >= 0.6 is 11.6 Å². The van der Waals surface area contributed by atoms with Gasteiger partial charge in [0.2, 0.25) is 11.9 Å². The van der Waals surface area contributed by atoms with Crippen molar-refractivity contribution in [2.75, 3.05) is 6.61 Å². The predicted molar refractivity (Wildman–Crippen MR) is 103 cm³/mol. The average molecular weight is 583 g/mol. The first-order valence-electron chi connectivity index (χ1n) is 8.56. The van der Waals surface area contributed by atoms with Crippen LogP contribution in [-0.4, -0.2) is 40.7 Å². The molecule has 210 valence electrons. The molecule has 0 fully saturated rings. The molecule has 0 saturated heterocycles. The third kappa shape index (κ3) is 45.1. The van der Waals surface area contributed by atoms with Crippen molar-refractivity contribution in [2.24, 2.45) is 0 Å². The van der Waals surface area contributed by atoms with Gasteiger partial charge in [-0.25, -0.2) is 0 Å². The number of hydrogen-bond donors (Lipinski definition) is 0. The number of aromatic nitrogens is 2. The van der Waals surface area contributed by atoms with E-state index in [2.05, 4.69) is 5.10 Å². The second-order valence-corrected chi connectivity index (χ2v) is 5.59. The summed E-state index contributed by atoms with van der Waals surface area (Å²) in [7, 11) is -24.0. The molecule has 0 amide bonds. The summed E-state index contributed by atoms with van der Waals surface area (Å²) < 4.78 is 163. The Morgan fingerprint density at radius 1 is 0.694 bits per heavy atom. The number of hydrogen-bond acceptors (Lipinski definition) is 2. The molecule has 0 saturated carbocycles. The number of rotatable bonds is 3. The van der Waals surface area contributed by atoms with E-state index in [1.807, 2.05) is 37.3 Å². The smallest absolute Gasteiger partial charge is 0.490 e. The van der Waals surface area contributed by atoms with E-state index in [9.17, 15) is 69.1 Å². The Hall–Kier alpha value is -2.47. The normalized spacial score (nSPS) is 11.2. The van der Waals surface area contributed by atoms with Gasteiger partial charge in [-0.2, -0.15) is 0 Å². The maximum absolute atomic E-state index is 9.75. The molecular formula is C12H12B4ClF16N2O-3. The Labute approximate surface area is 197 Å². The van der Waals surface area contributed by atoms with Gasteiger partial charge in [-0.15, -0.1) is 0 Å². The Balaban J connectivity index is -0.000000451. The summed E-state index contributed by atoms with van der Waals surface area (Å²) >= 11 is 6.07. The molecule has 0 radical (unpaired) electrons. The molecular weight excluding hydrogens is 571 g/mol. The van der Waals surface area contributed by atoms with E-state index in [0.717, 1.165) is 5.69 Å². The van der Waals surface area contributed by atoms with E-state index in [-0.39, 0.29) is 0 Å². The lowest BCUT2D eigenvalue weighted by Gasteiger charge is -2.02. The van der Waals surface area contributed by atoms with E-state index >= 15 is 0 Å². The highest BCUT2D eigenvalue weighted by Crippen LogP contribution is 2.20. The van der Waals surface area contributed by atoms with Gasteiger partial charge in [0.15, 0.2) is 10.8 Å². The van der Waals surface area contributed by atoms with Crippen molar-refractivity contribution in [1.82, 2.24) is 5.10 Å². The molecule has 0 aliphatic carbocycles. The lowest BCUT2D eigenvalue weighted by Crippen LogP contribution is -2.34. The number of halogens is 17. The van der Waals surface area contributed by atoms with Crippen LogP contribution in [0.15, 0.2) is 42.7 Å². The average Bonchev–Trinajstić information content (AvgIpc) is 2.59. The quantitative estimate of drug-likeness (QED) is 0.212. The molecule has 3 nitrogen and oxygen atoms in total. The van der Waals surface area contributed by atoms with E-state index in [1.54, 1.807) is 17.1 Å². The SMILES string of the molecule is CCOc1cn[n+](-c2ccccc2)cc1Cl.F[B-](F)(F)F.F[B-](F)(F)F.F[B-](F)(F)F.F[B-](F)(F)F. The van der Waals surface area contributed by atoms with Gasteiger partial charge >= 0.3 is 29.0 Å². The minimum Gasteiger partial charge on any atom is -0.490 e. The summed E-state index contributed by atoms with van der Waals surface area (Å²) in [6.45, 7) is 2.49. The van der Waals surface area contributed by atoms with Gasteiger partial charge in [-0.1, -0.05) is 34.5 Å². The Bertz CT molecular complexity index is 763. The fourth-order valence-electron chi connectivity index (χ4n) is 1.36. The molecule has 0 bridgehead atoms. The highest BCUT2D eigenvalue weighted by molar-refractivity contribution is 6.50. The summed E-state index contributed by atoms with van der Waals surface area (Å²) in [5.41, 5.74) is 0.965. The molecule has 2 aromatic rings. The van der Waals surface area contributed by atoms with Gasteiger partial charge in [0.05, 0.1) is 6.61 Å². The number of benzene rings is 1. The van der Waals surface area contributed by atoms with Crippen LogP contribution in [0.3, 0.4) is 0 Å². The standard InChI is InChI=1S/C12H12ClN2O.4BF4/c1-2-16-12-8-14-15(9-11(12)13)10-6-4-3-5-7-10;4*2-1(3,4)5/h3-9H,2H2,1H3;;;;/q+1;4*-1. The summed E-state index contributed by atoms with van der Waals surface area (Å²) in [5.74, 6) is 0.608. The minimum absolute atomic E-state index is 0.556. The Morgan fingerprint density at radius 3 is 1.31 bits per heavy atom. The molecule has 0 spiro atoms. The zero-order valence-electron chi connectivity index (χ0n) is 17.3. The molecule has 0 aliphatic rings. The monoisotopic (exact) mass is 583 g/mol. The molecule has 1 aromatic heterocycles. The Kier molecular flexibility index (Phi) is 18.0. The second-order valence-electron chi connectivity index (χ2n) is 5.18. The minimum atomic E-state index is -6.00. The van der Waals surface area contributed by atoms with Crippen LogP contribution in [0.1, 0.15) is 6.92 Å². The maximum Gasteiger partial charge on any atom is 0.673 e. The lowest BCUT2D eigenvalue weighted by molar-refractivity contribution is -0.659. The van der Waals surface area contributed by atoms with E-state index < -0.39 is 29.0 Å². The van der Waals surface area contributed by atoms with E-state index in [0.29, 0.717) is 17.4 Å². The van der Waals surface area contributed by atoms with Crippen molar-refractivity contribution in [2.45, 2.75) is 6.92 Å². The topological polar surface area (TPSA) is 26.0 Å². The summed E-state index contributed by atoms with van der Waals surface area (Å²) in [5, 5.41) is 4.79. The third-order valence-corrected chi connectivity index (χ3v) is 2.37. The van der Waals surface area contributed by atoms with Crippen molar-refractivity contribution >= 4 is 40.6 Å². The summed E-state index contributed by atoms with van der Waals surface area (Å²) in [6.07, 6.45) is 3.36. The zero-order valence-corrected chi connectivity index (χ0v) is 18.0. The Morgan fingerprint density at radius 2 is 1.03 bits per heavy atom. The van der Waals surface area contributed by atoms with Crippen LogP contribution in [0.4, 0.5) is 69.1 Å². The fourth-order valence-corrected chi connectivity index (χ4v) is 1.56. The fraction of sp³-hybridized carbons (Fsp3) is 0.167. The van der Waals surface area contributed by atoms with Crippen molar-refractivity contribution in [3.8, 4) is 11.4 Å². The van der Waals surface area contributed by atoms with Crippen LogP contribution in [0.5, 0.6) is 5.75 Å². The van der Waals surface area contributed by atoms with Crippen molar-refractivity contribution in [3.05, 3.63) is 47.7 Å². The van der Waals surface area contributed by atoms with Gasteiger partial charge in [0, 0.05) is 17.2 Å². The third-order valence-electron chi connectivity index (χ3n) is 2.09. The van der Waals surface area contributed by atoms with Gasteiger partial charge in [-0.3, -0.25) is 0 Å². The van der Waals surface area contributed by atoms with Gasteiger partial charge in [0.25, 0.3) is 0 Å². The highest BCUT2D eigenvalue weighted by Gasteiger charge is 2.22. The first kappa shape index (κ1) is 38.1. The summed E-state index contributed by atoms with van der Waals surface area (Å²) in [6, 6.07) is 9.79. The van der Waals surface area contributed by atoms with Crippen LogP contribution in [0.2, 0.25) is 5.02 Å². The molecule has 0 atom stereocenters. The zero-order chi connectivity index (χ0) is 29.4. The molecule has 0 unspecified atom stereocenters. The molecule has 1 aromatic carbocycles. The number of nitrogens with zero attached hydrogens (tertiary/aromatic N) is 2. The van der Waals surface area contributed by atoms with Crippen molar-refractivity contribution in [1.29, 1.82) is 0 Å². The first-order chi connectivity index (χ1) is 15.8. The van der Waals surface area contributed by atoms with Gasteiger partial charge in [-0.05, 0) is 6.92 Å². The predicted octanol–water partition coefficient (Wildman–Crippen LogP) is 7.61. The van der Waals surface area contributed by atoms with E-state index in [4.69, 9.17) is 16.3 Å². The number of para-hydroxylation sites is 1. The number of ether oxygens (including phenoxy) is 1. The first-order valence-corrected chi connectivity index (χ1v) is 8.94. The van der Waals surface area contributed by atoms with Crippen molar-refractivity contribution in [3.63, 3.8) is 0 Å². The van der Waals surface area contributed by atoms with Gasteiger partial charge < -0.3 is 73.8 Å². The van der Waals surface area contributed by atoms with Crippen LogP contribution < -0.4 is 9.42 Å². The molecule has 36 heavy (non-hydrogen) atoms. The molecule has 2 rings (SSSR count). The molecule has 0 N–H and O–H groups in total. The summed E-state index contributed by atoms with van der Waals surface area (Å²) in [4.78, 5) is 0. The van der Waals surface area contributed by atoms with Crippen LogP contribution in [0, 0.1) is 0 Å². The maximum atomic E-state index is 9.75. The molecule has 1 heterocycles. The second kappa shape index (κ2) is 17.1. The van der Waals surface area contributed by atoms with E-state index in [1.165, 1.54) is 0 Å². The lowest BCUT2D eigenvalue weighted by atomic mass is 10.3. The molecule has 24 heteroatoms. The highest BCUT2D eigenvalue weighted by atomic mass is 35.5. The van der Waals surface area contributed by atoms with Gasteiger partial charge in [0.1, 0.15) is 6.20 Å².